The molecule has 0 radical (unpaired) electrons. The number of hydrogen-bond acceptors (Lipinski definition) is 3. The predicted molar refractivity (Wildman–Crippen MR) is 100 cm³/mol. The van der Waals surface area contributed by atoms with Crippen LogP contribution in [0.2, 0.25) is 0 Å². The number of nitrogens with one attached hydrogen (secondary N) is 1. The number of likely N-dealkylation sites (tertiary alicyclic amines) is 1. The van der Waals surface area contributed by atoms with Gasteiger partial charge in [-0.15, -0.1) is 0 Å². The molecule has 0 unspecified atom stereocenters. The van der Waals surface area contributed by atoms with Crippen LogP contribution >= 0.6 is 0 Å². The number of nitrogens with two attached hydrogens (primary N) is 1. The van der Waals surface area contributed by atoms with Crippen molar-refractivity contribution in [3.05, 3.63) is 60.2 Å². The molecule has 1 saturated heterocycles. The third kappa shape index (κ3) is 5.92. The monoisotopic (exact) mass is 375 g/mol. The molecule has 1 aliphatic heterocycles. The van der Waals surface area contributed by atoms with E-state index in [0.717, 1.165) is 5.56 Å². The minimum Gasteiger partial charge on any atom is -0.488 e. The minimum absolute atomic E-state index is 0.107. The van der Waals surface area contributed by atoms with Crippen molar-refractivity contribution in [2.45, 2.75) is 24.9 Å². The highest BCUT2D eigenvalue weighted by atomic mass is 19.3. The van der Waals surface area contributed by atoms with Crippen molar-refractivity contribution in [3.8, 4) is 5.75 Å². The van der Waals surface area contributed by atoms with Crippen molar-refractivity contribution >= 4 is 11.7 Å². The van der Waals surface area contributed by atoms with Crippen LogP contribution in [-0.4, -0.2) is 42.6 Å². The van der Waals surface area contributed by atoms with Crippen LogP contribution < -0.4 is 15.8 Å². The van der Waals surface area contributed by atoms with Crippen LogP contribution in [0.5, 0.6) is 5.75 Å². The van der Waals surface area contributed by atoms with Crippen LogP contribution in [0.15, 0.2) is 54.6 Å². The van der Waals surface area contributed by atoms with Crippen molar-refractivity contribution in [1.82, 2.24) is 4.90 Å². The summed E-state index contributed by atoms with van der Waals surface area (Å²) in [4.78, 5) is 12.5. The number of anilines is 1. The number of carbonyl (C=O) groups is 1. The Hall–Kier alpha value is -2.67. The van der Waals surface area contributed by atoms with Crippen LogP contribution in [0.25, 0.3) is 0 Å². The molecular weight excluding hydrogens is 352 g/mol. The number of amides is 2. The molecule has 0 atom stereocenters. The molecule has 0 saturated carbocycles. The summed E-state index contributed by atoms with van der Waals surface area (Å²) < 4.78 is 34.1. The van der Waals surface area contributed by atoms with Gasteiger partial charge in [0.05, 0.1) is 6.54 Å². The van der Waals surface area contributed by atoms with Gasteiger partial charge in [-0.1, -0.05) is 30.3 Å². The maximum Gasteiger partial charge on any atom is 0.316 e. The lowest BCUT2D eigenvalue weighted by Gasteiger charge is -2.40. The van der Waals surface area contributed by atoms with Gasteiger partial charge in [-0.3, -0.25) is 4.90 Å². The summed E-state index contributed by atoms with van der Waals surface area (Å²) in [5.74, 6) is -2.09. The Kier molecular flexibility index (Phi) is 5.91. The highest BCUT2D eigenvalue weighted by Gasteiger charge is 2.37. The van der Waals surface area contributed by atoms with Crippen LogP contribution in [-0.2, 0) is 6.42 Å². The average Bonchev–Trinajstić information content (AvgIpc) is 2.60. The third-order valence-electron chi connectivity index (χ3n) is 4.43. The summed E-state index contributed by atoms with van der Waals surface area (Å²) in [5, 5.41) is 2.46. The van der Waals surface area contributed by atoms with Gasteiger partial charge in [0, 0.05) is 25.2 Å². The number of urea groups is 1. The van der Waals surface area contributed by atoms with E-state index in [0.29, 0.717) is 30.9 Å². The number of alkyl halides is 2. The Morgan fingerprint density at radius 1 is 1.15 bits per heavy atom. The first-order valence-corrected chi connectivity index (χ1v) is 8.87. The number of carbonyl (C=O) groups excluding carboxylic acids is 1. The molecule has 2 aromatic rings. The molecule has 1 aliphatic rings. The molecule has 7 heteroatoms. The first kappa shape index (κ1) is 19.1. The second kappa shape index (κ2) is 8.35. The van der Waals surface area contributed by atoms with E-state index in [1.165, 1.54) is 0 Å². The lowest BCUT2D eigenvalue weighted by Crippen LogP contribution is -2.56. The zero-order valence-electron chi connectivity index (χ0n) is 14.9. The molecule has 1 heterocycles. The highest BCUT2D eigenvalue weighted by molar-refractivity contribution is 5.87. The van der Waals surface area contributed by atoms with E-state index in [4.69, 9.17) is 10.5 Å². The SMILES string of the molecule is NC(=O)Nc1ccc(OC2CN(CC(F)(F)CCc3ccccc3)C2)cc1. The Bertz CT molecular complexity index is 748. The minimum atomic E-state index is -2.72. The number of aryl methyl sites for hydroxylation is 1. The molecule has 1 fully saturated rings. The summed E-state index contributed by atoms with van der Waals surface area (Å²) in [5.41, 5.74) is 6.55. The van der Waals surface area contributed by atoms with Crippen molar-refractivity contribution in [2.24, 2.45) is 5.73 Å². The van der Waals surface area contributed by atoms with E-state index in [9.17, 15) is 13.6 Å². The zero-order valence-corrected chi connectivity index (χ0v) is 14.9. The normalized spacial score (nSPS) is 15.2. The summed E-state index contributed by atoms with van der Waals surface area (Å²) in [6.07, 6.45) is 0.102. The first-order chi connectivity index (χ1) is 12.9. The quantitative estimate of drug-likeness (QED) is 0.742. The first-order valence-electron chi connectivity index (χ1n) is 8.87. The Morgan fingerprint density at radius 2 is 1.81 bits per heavy atom. The number of rotatable bonds is 8. The van der Waals surface area contributed by atoms with Gasteiger partial charge in [0.15, 0.2) is 0 Å². The van der Waals surface area contributed by atoms with Crippen molar-refractivity contribution < 1.29 is 18.3 Å². The lowest BCUT2D eigenvalue weighted by atomic mass is 10.0. The summed E-state index contributed by atoms with van der Waals surface area (Å²) in [7, 11) is 0. The zero-order chi connectivity index (χ0) is 19.3. The average molecular weight is 375 g/mol. The van der Waals surface area contributed by atoms with Crippen LogP contribution in [0.4, 0.5) is 19.3 Å². The third-order valence-corrected chi connectivity index (χ3v) is 4.43. The number of hydrogen-bond donors (Lipinski definition) is 2. The fraction of sp³-hybridized carbons (Fsp3) is 0.350. The standard InChI is InChI=1S/C20H23F2N3O2/c21-20(22,11-10-15-4-2-1-3-5-15)14-25-12-18(13-25)27-17-8-6-16(7-9-17)24-19(23)26/h1-9,18H,10-14H2,(H3,23,24,26). The van der Waals surface area contributed by atoms with Gasteiger partial charge in [0.1, 0.15) is 11.9 Å². The van der Waals surface area contributed by atoms with Gasteiger partial charge in [-0.25, -0.2) is 13.6 Å². The number of nitrogens with zero attached hydrogens (tertiary/aromatic N) is 1. The summed E-state index contributed by atoms with van der Waals surface area (Å²) in [6.45, 7) is 0.700. The second-order valence-electron chi connectivity index (χ2n) is 6.79. The van der Waals surface area contributed by atoms with Crippen LogP contribution in [0.1, 0.15) is 12.0 Å². The molecule has 0 bridgehead atoms. The topological polar surface area (TPSA) is 67.6 Å². The van der Waals surface area contributed by atoms with Gasteiger partial charge in [-0.2, -0.15) is 0 Å². The fourth-order valence-corrected chi connectivity index (χ4v) is 3.06. The Morgan fingerprint density at radius 3 is 2.44 bits per heavy atom. The molecule has 0 spiro atoms. The van der Waals surface area contributed by atoms with E-state index in [1.54, 1.807) is 29.2 Å². The van der Waals surface area contributed by atoms with E-state index in [2.05, 4.69) is 5.32 Å². The number of halogens is 2. The molecule has 2 aromatic carbocycles. The molecule has 0 aliphatic carbocycles. The summed E-state index contributed by atoms with van der Waals surface area (Å²) in [6, 6.07) is 15.5. The van der Waals surface area contributed by atoms with Crippen molar-refractivity contribution in [1.29, 1.82) is 0 Å². The molecule has 2 amide bonds. The molecule has 27 heavy (non-hydrogen) atoms. The lowest BCUT2D eigenvalue weighted by molar-refractivity contribution is -0.0792. The maximum atomic E-state index is 14.2. The highest BCUT2D eigenvalue weighted by Crippen LogP contribution is 2.26. The number of ether oxygens (including phenoxy) is 1. The largest absolute Gasteiger partial charge is 0.488 e. The second-order valence-corrected chi connectivity index (χ2v) is 6.79. The predicted octanol–water partition coefficient (Wildman–Crippen LogP) is 3.51. The van der Waals surface area contributed by atoms with Gasteiger partial charge in [0.25, 0.3) is 5.92 Å². The summed E-state index contributed by atoms with van der Waals surface area (Å²) >= 11 is 0. The molecule has 3 N–H and O–H groups in total. The molecule has 0 aromatic heterocycles. The van der Waals surface area contributed by atoms with E-state index in [1.807, 2.05) is 30.3 Å². The van der Waals surface area contributed by atoms with Gasteiger partial charge in [0.2, 0.25) is 0 Å². The van der Waals surface area contributed by atoms with Gasteiger partial charge in [-0.05, 0) is 36.2 Å². The van der Waals surface area contributed by atoms with Crippen molar-refractivity contribution in [2.75, 3.05) is 25.0 Å². The van der Waals surface area contributed by atoms with E-state index >= 15 is 0 Å². The maximum absolute atomic E-state index is 14.2. The van der Waals surface area contributed by atoms with Gasteiger partial charge < -0.3 is 15.8 Å². The van der Waals surface area contributed by atoms with Crippen molar-refractivity contribution in [3.63, 3.8) is 0 Å². The molecular formula is C20H23F2N3O2. The Labute approximate surface area is 157 Å². The van der Waals surface area contributed by atoms with Crippen LogP contribution in [0.3, 0.4) is 0 Å². The molecule has 3 rings (SSSR count). The van der Waals surface area contributed by atoms with Gasteiger partial charge >= 0.3 is 6.03 Å². The molecule has 144 valence electrons. The molecule has 5 nitrogen and oxygen atoms in total. The Balaban J connectivity index is 1.39. The number of primary amides is 1. The smallest absolute Gasteiger partial charge is 0.316 e. The fourth-order valence-electron chi connectivity index (χ4n) is 3.06. The van der Waals surface area contributed by atoms with E-state index < -0.39 is 12.0 Å². The van der Waals surface area contributed by atoms with E-state index in [-0.39, 0.29) is 19.1 Å². The number of benzene rings is 2. The van der Waals surface area contributed by atoms with Crippen LogP contribution in [0, 0.1) is 0 Å².